The van der Waals surface area contributed by atoms with Crippen LogP contribution >= 0.6 is 12.4 Å². The van der Waals surface area contributed by atoms with Crippen LogP contribution in [0, 0.1) is 5.41 Å². The maximum atomic E-state index is 12.6. The van der Waals surface area contributed by atoms with Crippen molar-refractivity contribution in [3.8, 4) is 0 Å². The van der Waals surface area contributed by atoms with Crippen LogP contribution < -0.4 is 10.6 Å². The van der Waals surface area contributed by atoms with Gasteiger partial charge < -0.3 is 15.5 Å². The molecule has 2 heterocycles. The number of nitrogens with one attached hydrogen (secondary N) is 2. The molecule has 146 valence electrons. The van der Waals surface area contributed by atoms with Crippen molar-refractivity contribution in [3.05, 3.63) is 18.0 Å². The first kappa shape index (κ1) is 20.7. The number of amides is 2. The molecule has 1 aromatic heterocycles. The van der Waals surface area contributed by atoms with Crippen LogP contribution in [0.2, 0.25) is 0 Å². The maximum Gasteiger partial charge on any atom is 0.271 e. The van der Waals surface area contributed by atoms with E-state index in [1.54, 1.807) is 25.1 Å². The predicted molar refractivity (Wildman–Crippen MR) is 103 cm³/mol. The number of carbonyl (C=O) groups excluding carboxylic acids is 2. The van der Waals surface area contributed by atoms with Gasteiger partial charge in [-0.1, -0.05) is 12.8 Å². The first-order valence-electron chi connectivity index (χ1n) is 9.28. The molecule has 2 fully saturated rings. The van der Waals surface area contributed by atoms with Crippen molar-refractivity contribution in [1.29, 1.82) is 0 Å². The van der Waals surface area contributed by atoms with Crippen LogP contribution in [0.4, 0.5) is 0 Å². The lowest BCUT2D eigenvalue weighted by atomic mass is 9.84. The lowest BCUT2D eigenvalue weighted by Crippen LogP contribution is -2.46. The van der Waals surface area contributed by atoms with Crippen molar-refractivity contribution in [2.75, 3.05) is 33.7 Å². The normalized spacial score (nSPS) is 21.7. The fraction of sp³-hybridized carbons (Fsp3) is 0.722. The van der Waals surface area contributed by atoms with Crippen LogP contribution in [-0.2, 0) is 4.79 Å². The summed E-state index contributed by atoms with van der Waals surface area (Å²) in [4.78, 5) is 26.7. The summed E-state index contributed by atoms with van der Waals surface area (Å²) in [7, 11) is 3.56. The van der Waals surface area contributed by atoms with Gasteiger partial charge in [-0.25, -0.2) is 0 Å². The Balaban J connectivity index is 0.00000243. The quantitative estimate of drug-likeness (QED) is 0.809. The van der Waals surface area contributed by atoms with E-state index in [4.69, 9.17) is 0 Å². The number of hydrogen-bond acceptors (Lipinski definition) is 4. The molecular formula is C18H30ClN5O2. The number of aromatic nitrogens is 2. The van der Waals surface area contributed by atoms with Crippen molar-refractivity contribution in [3.63, 3.8) is 0 Å². The molecule has 1 saturated heterocycles. The van der Waals surface area contributed by atoms with Gasteiger partial charge in [0.05, 0.1) is 11.5 Å². The van der Waals surface area contributed by atoms with Gasteiger partial charge >= 0.3 is 0 Å². The molecule has 3 rings (SSSR count). The fourth-order valence-corrected chi connectivity index (χ4v) is 4.05. The minimum Gasteiger partial charge on any atom is -0.350 e. The molecule has 0 bridgehead atoms. The van der Waals surface area contributed by atoms with E-state index >= 15 is 0 Å². The Bertz CT molecular complexity index is 619. The van der Waals surface area contributed by atoms with Crippen LogP contribution in [0.25, 0.3) is 0 Å². The second-order valence-corrected chi connectivity index (χ2v) is 7.55. The third kappa shape index (κ3) is 4.38. The Morgan fingerprint density at radius 1 is 1.35 bits per heavy atom. The van der Waals surface area contributed by atoms with Gasteiger partial charge in [0.15, 0.2) is 0 Å². The van der Waals surface area contributed by atoms with Gasteiger partial charge in [-0.2, -0.15) is 5.10 Å². The number of nitrogens with zero attached hydrogens (tertiary/aromatic N) is 3. The van der Waals surface area contributed by atoms with E-state index in [1.807, 2.05) is 10.9 Å². The highest BCUT2D eigenvalue weighted by atomic mass is 35.5. The average molecular weight is 384 g/mol. The fourth-order valence-electron chi connectivity index (χ4n) is 4.05. The Morgan fingerprint density at radius 2 is 2.08 bits per heavy atom. The Hall–Kier alpha value is -1.60. The molecule has 2 aliphatic rings. The number of carbonyl (C=O) groups is 2. The highest BCUT2D eigenvalue weighted by molar-refractivity contribution is 5.93. The topological polar surface area (TPSA) is 79.3 Å². The minimum absolute atomic E-state index is 0. The third-order valence-corrected chi connectivity index (χ3v) is 5.49. The molecule has 1 aliphatic carbocycles. The number of rotatable bonds is 5. The summed E-state index contributed by atoms with van der Waals surface area (Å²) in [5.41, 5.74) is -0.0225. The van der Waals surface area contributed by atoms with Gasteiger partial charge in [0.1, 0.15) is 5.69 Å². The minimum atomic E-state index is -0.449. The molecule has 0 spiro atoms. The zero-order valence-electron chi connectivity index (χ0n) is 15.7. The lowest BCUT2D eigenvalue weighted by molar-refractivity contribution is -0.138. The molecule has 2 amide bonds. The highest BCUT2D eigenvalue weighted by Crippen LogP contribution is 2.39. The van der Waals surface area contributed by atoms with Crippen LogP contribution in [0.3, 0.4) is 0 Å². The Kier molecular flexibility index (Phi) is 7.06. The molecule has 26 heavy (non-hydrogen) atoms. The maximum absolute atomic E-state index is 12.6. The molecule has 7 nitrogen and oxygen atoms in total. The van der Waals surface area contributed by atoms with Gasteiger partial charge in [-0.05, 0) is 38.3 Å². The summed E-state index contributed by atoms with van der Waals surface area (Å²) in [5.74, 6) is -0.0792. The van der Waals surface area contributed by atoms with Gasteiger partial charge in [-0.15, -0.1) is 12.4 Å². The van der Waals surface area contributed by atoms with Crippen molar-refractivity contribution in [1.82, 2.24) is 25.3 Å². The van der Waals surface area contributed by atoms with Crippen molar-refractivity contribution in [2.24, 2.45) is 5.41 Å². The monoisotopic (exact) mass is 383 g/mol. The SMILES string of the molecule is CN(C)C(=O)C1(CNC(=O)c2ccn(C3CCCNC3)n2)CCCC1.Cl. The molecule has 1 aliphatic heterocycles. The average Bonchev–Trinajstić information content (AvgIpc) is 3.30. The van der Waals surface area contributed by atoms with Crippen LogP contribution in [0.5, 0.6) is 0 Å². The summed E-state index contributed by atoms with van der Waals surface area (Å²) in [6.07, 6.45) is 7.84. The summed E-state index contributed by atoms with van der Waals surface area (Å²) in [6, 6.07) is 2.07. The Labute approximate surface area is 161 Å². The smallest absolute Gasteiger partial charge is 0.271 e. The van der Waals surface area contributed by atoms with Crippen molar-refractivity contribution < 1.29 is 9.59 Å². The molecule has 0 radical (unpaired) electrons. The largest absolute Gasteiger partial charge is 0.350 e. The van der Waals surface area contributed by atoms with Crippen molar-refractivity contribution >= 4 is 24.2 Å². The molecule has 1 saturated carbocycles. The van der Waals surface area contributed by atoms with Gasteiger partial charge in [-0.3, -0.25) is 14.3 Å². The molecule has 1 atom stereocenters. The number of piperidine rings is 1. The lowest BCUT2D eigenvalue weighted by Gasteiger charge is -2.30. The zero-order valence-corrected chi connectivity index (χ0v) is 16.5. The molecule has 1 unspecified atom stereocenters. The van der Waals surface area contributed by atoms with E-state index in [0.29, 0.717) is 18.3 Å². The van der Waals surface area contributed by atoms with Crippen molar-refractivity contribution in [2.45, 2.75) is 44.6 Å². The summed E-state index contributed by atoms with van der Waals surface area (Å²) < 4.78 is 1.89. The van der Waals surface area contributed by atoms with Crippen LogP contribution in [-0.4, -0.2) is 60.2 Å². The molecule has 2 N–H and O–H groups in total. The van der Waals surface area contributed by atoms with Gasteiger partial charge in [0.2, 0.25) is 5.91 Å². The standard InChI is InChI=1S/C18H29N5O2.ClH/c1-22(2)17(25)18(8-3-4-9-18)13-20-16(24)15-7-11-23(21-15)14-6-5-10-19-12-14;/h7,11,14,19H,3-6,8-10,12-13H2,1-2H3,(H,20,24);1H. The van der Waals surface area contributed by atoms with E-state index in [0.717, 1.165) is 51.6 Å². The second-order valence-electron chi connectivity index (χ2n) is 7.55. The predicted octanol–water partition coefficient (Wildman–Crippen LogP) is 1.61. The first-order valence-corrected chi connectivity index (χ1v) is 9.28. The summed E-state index contributed by atoms with van der Waals surface area (Å²) >= 11 is 0. The first-order chi connectivity index (χ1) is 12.0. The van der Waals surface area contributed by atoms with Crippen LogP contribution in [0.1, 0.15) is 55.1 Å². The highest BCUT2D eigenvalue weighted by Gasteiger charge is 2.42. The summed E-state index contributed by atoms with van der Waals surface area (Å²) in [6.45, 7) is 2.33. The molecular weight excluding hydrogens is 354 g/mol. The van der Waals surface area contributed by atoms with Gasteiger partial charge in [0, 0.05) is 33.4 Å². The van der Waals surface area contributed by atoms with E-state index in [9.17, 15) is 9.59 Å². The van der Waals surface area contributed by atoms with E-state index in [2.05, 4.69) is 15.7 Å². The third-order valence-electron chi connectivity index (χ3n) is 5.49. The summed E-state index contributed by atoms with van der Waals surface area (Å²) in [5, 5.41) is 10.8. The van der Waals surface area contributed by atoms with E-state index < -0.39 is 5.41 Å². The molecule has 8 heteroatoms. The zero-order chi connectivity index (χ0) is 17.9. The van der Waals surface area contributed by atoms with E-state index in [-0.39, 0.29) is 24.2 Å². The molecule has 0 aromatic carbocycles. The van der Waals surface area contributed by atoms with Crippen LogP contribution in [0.15, 0.2) is 12.3 Å². The van der Waals surface area contributed by atoms with Gasteiger partial charge in [0.25, 0.3) is 5.91 Å². The second kappa shape index (κ2) is 8.86. The number of halogens is 1. The van der Waals surface area contributed by atoms with E-state index in [1.165, 1.54) is 0 Å². The number of hydrogen-bond donors (Lipinski definition) is 2. The Morgan fingerprint density at radius 3 is 2.69 bits per heavy atom. The molecule has 1 aromatic rings.